The molecule has 1 heterocycles. The lowest BCUT2D eigenvalue weighted by Crippen LogP contribution is -2.41. The highest BCUT2D eigenvalue weighted by Crippen LogP contribution is 2.14. The number of nitrogens with one attached hydrogen (secondary N) is 1. The van der Waals surface area contributed by atoms with Crippen molar-refractivity contribution in [3.05, 3.63) is 35.4 Å². The summed E-state index contributed by atoms with van der Waals surface area (Å²) in [5, 5.41) is 3.28. The van der Waals surface area contributed by atoms with Crippen LogP contribution in [0.25, 0.3) is 0 Å². The van der Waals surface area contributed by atoms with Crippen molar-refractivity contribution in [2.45, 2.75) is 18.9 Å². The van der Waals surface area contributed by atoms with Gasteiger partial charge in [-0.15, -0.1) is 0 Å². The molecule has 0 aliphatic carbocycles. The molecule has 1 fully saturated rings. The Hall–Kier alpha value is -1.00. The van der Waals surface area contributed by atoms with Crippen molar-refractivity contribution < 1.29 is 13.5 Å². The van der Waals surface area contributed by atoms with E-state index < -0.39 is 11.6 Å². The lowest BCUT2D eigenvalue weighted by atomic mass is 10.0. The van der Waals surface area contributed by atoms with Crippen LogP contribution in [-0.2, 0) is 11.2 Å². The van der Waals surface area contributed by atoms with E-state index in [1.165, 1.54) is 0 Å². The van der Waals surface area contributed by atoms with Gasteiger partial charge in [0.2, 0.25) is 0 Å². The maximum Gasteiger partial charge on any atom is 0.162 e. The van der Waals surface area contributed by atoms with Crippen molar-refractivity contribution >= 4 is 0 Å². The topological polar surface area (TPSA) is 21.3 Å². The monoisotopic (exact) mass is 227 g/mol. The third kappa shape index (κ3) is 2.77. The largest absolute Gasteiger partial charge is 0.379 e. The minimum atomic E-state index is -0.773. The minimum Gasteiger partial charge on any atom is -0.379 e. The first kappa shape index (κ1) is 11.5. The summed E-state index contributed by atoms with van der Waals surface area (Å²) in [6, 6.07) is 4.55. The summed E-state index contributed by atoms with van der Waals surface area (Å²) in [5.74, 6) is -1.50. The zero-order valence-electron chi connectivity index (χ0n) is 9.01. The molecule has 2 nitrogen and oxygen atoms in total. The van der Waals surface area contributed by atoms with E-state index in [1.807, 2.05) is 0 Å². The van der Waals surface area contributed by atoms with E-state index in [4.69, 9.17) is 4.74 Å². The Balaban J connectivity index is 1.91. The quantitative estimate of drug-likeness (QED) is 0.851. The molecule has 16 heavy (non-hydrogen) atoms. The van der Waals surface area contributed by atoms with Crippen molar-refractivity contribution in [3.8, 4) is 0 Å². The molecule has 1 aromatic carbocycles. The molecule has 1 aliphatic heterocycles. The first-order valence-corrected chi connectivity index (χ1v) is 5.51. The first-order valence-electron chi connectivity index (χ1n) is 5.51. The molecule has 1 saturated heterocycles. The molecule has 1 aliphatic rings. The summed E-state index contributed by atoms with van der Waals surface area (Å²) in [5.41, 5.74) is 0.437. The highest BCUT2D eigenvalue weighted by Gasteiger charge is 2.14. The molecule has 1 unspecified atom stereocenters. The second-order valence-corrected chi connectivity index (χ2v) is 3.98. The molecular formula is C12H15F2NO. The Labute approximate surface area is 93.6 Å². The van der Waals surface area contributed by atoms with Gasteiger partial charge in [-0.3, -0.25) is 0 Å². The highest BCUT2D eigenvalue weighted by molar-refractivity contribution is 5.19. The van der Waals surface area contributed by atoms with Crippen LogP contribution in [-0.4, -0.2) is 25.8 Å². The van der Waals surface area contributed by atoms with Gasteiger partial charge in [-0.05, 0) is 24.5 Å². The Morgan fingerprint density at radius 3 is 3.00 bits per heavy atom. The fourth-order valence-electron chi connectivity index (χ4n) is 1.88. The Morgan fingerprint density at radius 1 is 1.38 bits per heavy atom. The van der Waals surface area contributed by atoms with Crippen LogP contribution >= 0.6 is 0 Å². The van der Waals surface area contributed by atoms with Gasteiger partial charge in [0.1, 0.15) is 0 Å². The van der Waals surface area contributed by atoms with E-state index in [9.17, 15) is 8.78 Å². The molecule has 2 rings (SSSR count). The predicted octanol–water partition coefficient (Wildman–Crippen LogP) is 1.89. The molecule has 0 radical (unpaired) electrons. The van der Waals surface area contributed by atoms with Crippen LogP contribution in [0, 0.1) is 11.6 Å². The molecule has 0 spiro atoms. The van der Waals surface area contributed by atoms with Crippen LogP contribution in [0.4, 0.5) is 8.78 Å². The van der Waals surface area contributed by atoms with E-state index in [0.717, 1.165) is 25.6 Å². The van der Waals surface area contributed by atoms with Crippen molar-refractivity contribution in [3.63, 3.8) is 0 Å². The van der Waals surface area contributed by atoms with Crippen molar-refractivity contribution in [2.24, 2.45) is 0 Å². The minimum absolute atomic E-state index is 0.247. The van der Waals surface area contributed by atoms with E-state index in [1.54, 1.807) is 12.1 Å². The normalized spacial score (nSPS) is 21.0. The number of hydrogen-bond donors (Lipinski definition) is 1. The van der Waals surface area contributed by atoms with Crippen molar-refractivity contribution in [1.82, 2.24) is 5.32 Å². The molecule has 4 heteroatoms. The number of rotatable bonds is 3. The van der Waals surface area contributed by atoms with Crippen LogP contribution in [0.5, 0.6) is 0 Å². The third-order valence-corrected chi connectivity index (χ3v) is 2.79. The third-order valence-electron chi connectivity index (χ3n) is 2.79. The molecular weight excluding hydrogens is 212 g/mol. The first-order chi connectivity index (χ1) is 7.77. The van der Waals surface area contributed by atoms with E-state index >= 15 is 0 Å². The van der Waals surface area contributed by atoms with Crippen molar-refractivity contribution in [2.75, 3.05) is 19.8 Å². The molecule has 0 saturated carbocycles. The summed E-state index contributed by atoms with van der Waals surface area (Å²) in [4.78, 5) is 0. The molecule has 0 aromatic heterocycles. The standard InChI is InChI=1S/C12H15F2NO/c13-11-3-1-2-9(12(11)14)4-5-10-8-16-7-6-15-10/h1-3,10,15H,4-8H2. The average molecular weight is 227 g/mol. The summed E-state index contributed by atoms with van der Waals surface area (Å²) >= 11 is 0. The van der Waals surface area contributed by atoms with Gasteiger partial charge in [-0.25, -0.2) is 8.78 Å². The van der Waals surface area contributed by atoms with Gasteiger partial charge < -0.3 is 10.1 Å². The van der Waals surface area contributed by atoms with Gasteiger partial charge in [0.15, 0.2) is 11.6 Å². The zero-order valence-corrected chi connectivity index (χ0v) is 9.01. The van der Waals surface area contributed by atoms with Crippen LogP contribution < -0.4 is 5.32 Å². The van der Waals surface area contributed by atoms with Crippen LogP contribution in [0.1, 0.15) is 12.0 Å². The van der Waals surface area contributed by atoms with Crippen LogP contribution in [0.2, 0.25) is 0 Å². The van der Waals surface area contributed by atoms with E-state index in [2.05, 4.69) is 5.32 Å². The second kappa shape index (κ2) is 5.37. The summed E-state index contributed by atoms with van der Waals surface area (Å²) in [7, 11) is 0. The molecule has 0 amide bonds. The van der Waals surface area contributed by atoms with Gasteiger partial charge in [-0.1, -0.05) is 12.1 Å². The SMILES string of the molecule is Fc1cccc(CCC2COCCN2)c1F. The van der Waals surface area contributed by atoms with Crippen molar-refractivity contribution in [1.29, 1.82) is 0 Å². The summed E-state index contributed by atoms with van der Waals surface area (Å²) < 4.78 is 31.6. The molecule has 88 valence electrons. The molecule has 1 aromatic rings. The van der Waals surface area contributed by atoms with Crippen LogP contribution in [0.15, 0.2) is 18.2 Å². The summed E-state index contributed by atoms with van der Waals surface area (Å²) in [6.45, 7) is 2.21. The van der Waals surface area contributed by atoms with Gasteiger partial charge in [-0.2, -0.15) is 0 Å². The Morgan fingerprint density at radius 2 is 2.25 bits per heavy atom. The fraction of sp³-hybridized carbons (Fsp3) is 0.500. The van der Waals surface area contributed by atoms with Gasteiger partial charge >= 0.3 is 0 Å². The number of aryl methyl sites for hydroxylation is 1. The highest BCUT2D eigenvalue weighted by atomic mass is 19.2. The lowest BCUT2D eigenvalue weighted by molar-refractivity contribution is 0.0742. The molecule has 1 atom stereocenters. The van der Waals surface area contributed by atoms with Gasteiger partial charge in [0.05, 0.1) is 13.2 Å². The summed E-state index contributed by atoms with van der Waals surface area (Å²) in [6.07, 6.45) is 1.30. The van der Waals surface area contributed by atoms with E-state index in [-0.39, 0.29) is 6.04 Å². The van der Waals surface area contributed by atoms with Crippen LogP contribution in [0.3, 0.4) is 0 Å². The van der Waals surface area contributed by atoms with E-state index in [0.29, 0.717) is 18.6 Å². The maximum atomic E-state index is 13.3. The fourth-order valence-corrected chi connectivity index (χ4v) is 1.88. The number of hydrogen-bond acceptors (Lipinski definition) is 2. The second-order valence-electron chi connectivity index (χ2n) is 3.98. The maximum absolute atomic E-state index is 13.3. The smallest absolute Gasteiger partial charge is 0.162 e. The Bertz CT molecular complexity index is 351. The lowest BCUT2D eigenvalue weighted by Gasteiger charge is -2.23. The van der Waals surface area contributed by atoms with Gasteiger partial charge in [0.25, 0.3) is 0 Å². The Kier molecular flexibility index (Phi) is 3.85. The zero-order chi connectivity index (χ0) is 11.4. The number of halogens is 2. The molecule has 0 bridgehead atoms. The number of benzene rings is 1. The number of morpholine rings is 1. The average Bonchev–Trinajstić information content (AvgIpc) is 2.32. The number of ether oxygens (including phenoxy) is 1. The van der Waals surface area contributed by atoms with Gasteiger partial charge in [0, 0.05) is 12.6 Å². The molecule has 1 N–H and O–H groups in total. The predicted molar refractivity (Wildman–Crippen MR) is 57.3 cm³/mol.